The number of carbonyl (C=O) groups is 4. The van der Waals surface area contributed by atoms with Crippen molar-refractivity contribution >= 4 is 39.5 Å². The fourth-order valence-electron chi connectivity index (χ4n) is 12.6. The minimum atomic E-state index is -4.96. The van der Waals surface area contributed by atoms with Gasteiger partial charge in [-0.05, 0) is 49.4 Å². The Morgan fingerprint density at radius 3 is 0.703 bits per heavy atom. The van der Waals surface area contributed by atoms with E-state index in [-0.39, 0.29) is 25.7 Å². The van der Waals surface area contributed by atoms with Crippen LogP contribution in [0.25, 0.3) is 0 Å². The second kappa shape index (κ2) is 71.0. The summed E-state index contributed by atoms with van der Waals surface area (Å²) in [5.74, 6) is 1.04. The second-order valence-corrected chi connectivity index (χ2v) is 34.1. The number of ether oxygens (including phenoxy) is 4. The maximum Gasteiger partial charge on any atom is 0.472 e. The number of carbonyl (C=O) groups excluding carboxylic acids is 4. The van der Waals surface area contributed by atoms with Crippen LogP contribution in [0.1, 0.15) is 421 Å². The Hall–Kier alpha value is -1.94. The van der Waals surface area contributed by atoms with Crippen molar-refractivity contribution in [3.05, 3.63) is 0 Å². The maximum absolute atomic E-state index is 13.1. The Balaban J connectivity index is 5.28. The zero-order valence-corrected chi connectivity index (χ0v) is 68.3. The van der Waals surface area contributed by atoms with E-state index in [1.807, 2.05) is 0 Å². The molecule has 0 spiro atoms. The van der Waals surface area contributed by atoms with E-state index in [0.717, 1.165) is 114 Å². The maximum atomic E-state index is 13.1. The molecule has 0 saturated carbocycles. The van der Waals surface area contributed by atoms with E-state index < -0.39 is 97.5 Å². The molecule has 17 nitrogen and oxygen atoms in total. The largest absolute Gasteiger partial charge is 0.472 e. The van der Waals surface area contributed by atoms with Gasteiger partial charge in [-0.15, -0.1) is 0 Å². The van der Waals surface area contributed by atoms with Gasteiger partial charge in [-0.3, -0.25) is 37.3 Å². The summed E-state index contributed by atoms with van der Waals surface area (Å²) >= 11 is 0. The number of aliphatic hydroxyl groups excluding tert-OH is 1. The highest BCUT2D eigenvalue weighted by Crippen LogP contribution is 2.45. The first-order chi connectivity index (χ1) is 48.6. The van der Waals surface area contributed by atoms with Crippen LogP contribution in [0.2, 0.25) is 0 Å². The van der Waals surface area contributed by atoms with Crippen molar-refractivity contribution in [2.75, 3.05) is 39.6 Å². The molecule has 0 heterocycles. The molecule has 0 aromatic heterocycles. The van der Waals surface area contributed by atoms with E-state index in [4.69, 9.17) is 37.0 Å². The van der Waals surface area contributed by atoms with Crippen LogP contribution < -0.4 is 0 Å². The summed E-state index contributed by atoms with van der Waals surface area (Å²) in [6.07, 6.45) is 58.1. The van der Waals surface area contributed by atoms with Crippen molar-refractivity contribution in [1.29, 1.82) is 0 Å². The third-order valence-electron chi connectivity index (χ3n) is 19.4. The molecule has 3 unspecified atom stereocenters. The van der Waals surface area contributed by atoms with Crippen LogP contribution in [-0.4, -0.2) is 96.7 Å². The predicted octanol–water partition coefficient (Wildman–Crippen LogP) is 24.4. The van der Waals surface area contributed by atoms with Crippen molar-refractivity contribution in [2.45, 2.75) is 440 Å². The van der Waals surface area contributed by atoms with Crippen LogP contribution in [0, 0.1) is 23.7 Å². The highest BCUT2D eigenvalue weighted by atomic mass is 31.2. The molecule has 0 bridgehead atoms. The monoisotopic (exact) mass is 1480 g/mol. The van der Waals surface area contributed by atoms with Gasteiger partial charge in [-0.25, -0.2) is 9.13 Å². The summed E-state index contributed by atoms with van der Waals surface area (Å²) in [6, 6.07) is 0. The number of phosphoric acid groups is 2. The van der Waals surface area contributed by atoms with Gasteiger partial charge in [-0.2, -0.15) is 0 Å². The fraction of sp³-hybridized carbons (Fsp3) is 0.951. The lowest BCUT2D eigenvalue weighted by atomic mass is 9.99. The van der Waals surface area contributed by atoms with E-state index in [0.29, 0.717) is 25.7 Å². The second-order valence-electron chi connectivity index (χ2n) is 31.2. The fourth-order valence-corrected chi connectivity index (χ4v) is 14.2. The zero-order chi connectivity index (χ0) is 74.6. The molecular weight excluding hydrogens is 1320 g/mol. The van der Waals surface area contributed by atoms with Crippen LogP contribution in [-0.2, 0) is 65.4 Å². The molecule has 19 heteroatoms. The molecular formula is C82H160O17P2. The summed E-state index contributed by atoms with van der Waals surface area (Å²) in [5, 5.41) is 10.7. The number of unbranched alkanes of at least 4 members (excludes halogenated alkanes) is 44. The van der Waals surface area contributed by atoms with E-state index in [1.54, 1.807) is 0 Å². The van der Waals surface area contributed by atoms with E-state index >= 15 is 0 Å². The number of rotatable bonds is 79. The lowest BCUT2D eigenvalue weighted by Crippen LogP contribution is -2.30. The standard InChI is InChI=1S/C82H160O17P2/c1-9-75(8)61-53-45-37-29-23-25-33-41-49-57-65-82(87)99-78(69-93-80(85)63-55-47-39-31-24-22-28-36-44-52-60-74(6)7)71-97-101(90,91)95-67-76(83)66-94-100(88,89)96-70-77(68-92-79(84)62-54-46-38-30-20-17-13-15-19-27-35-43-51-59-73(4)5)98-81(86)64-56-48-40-32-21-16-12-10-11-14-18-26-34-42-50-58-72(2)3/h72-78,83H,9-71H2,1-8H3,(H,88,89)(H,90,91)/t75?,76-,77-,78-/m1/s1. The molecule has 0 fully saturated rings. The van der Waals surface area contributed by atoms with Gasteiger partial charge in [0, 0.05) is 25.7 Å². The van der Waals surface area contributed by atoms with E-state index in [1.165, 1.54) is 225 Å². The van der Waals surface area contributed by atoms with Gasteiger partial charge in [0.15, 0.2) is 12.2 Å². The molecule has 0 rings (SSSR count). The average Bonchev–Trinajstić information content (AvgIpc) is 0.952. The van der Waals surface area contributed by atoms with Crippen molar-refractivity contribution in [3.63, 3.8) is 0 Å². The van der Waals surface area contributed by atoms with Crippen molar-refractivity contribution in [1.82, 2.24) is 0 Å². The highest BCUT2D eigenvalue weighted by molar-refractivity contribution is 7.47. The van der Waals surface area contributed by atoms with Crippen molar-refractivity contribution in [2.24, 2.45) is 23.7 Å². The van der Waals surface area contributed by atoms with Gasteiger partial charge in [0.05, 0.1) is 26.4 Å². The number of aliphatic hydroxyl groups is 1. The summed E-state index contributed by atoms with van der Waals surface area (Å²) in [6.45, 7) is 14.3. The Morgan fingerprint density at radius 2 is 0.475 bits per heavy atom. The topological polar surface area (TPSA) is 237 Å². The number of hydrogen-bond acceptors (Lipinski definition) is 15. The summed E-state index contributed by atoms with van der Waals surface area (Å²) < 4.78 is 68.8. The van der Waals surface area contributed by atoms with Gasteiger partial charge in [-0.1, -0.05) is 370 Å². The molecule has 0 aliphatic carbocycles. The normalized spacial score (nSPS) is 14.3. The first kappa shape index (κ1) is 99.1. The minimum Gasteiger partial charge on any atom is -0.462 e. The first-order valence-electron chi connectivity index (χ1n) is 42.2. The SMILES string of the molecule is CCC(C)CCCCCCCCCCCCC(=O)O[C@H](COC(=O)CCCCCCCCCCCCC(C)C)COP(=O)(O)OC[C@H](O)COP(=O)(O)OC[C@@H](COC(=O)CCCCCCCCCCCCCCCC(C)C)OC(=O)CCCCCCCCCCCCCCCCCC(C)C. The van der Waals surface area contributed by atoms with Gasteiger partial charge in [0.25, 0.3) is 0 Å². The minimum absolute atomic E-state index is 0.106. The van der Waals surface area contributed by atoms with E-state index in [2.05, 4.69) is 55.4 Å². The highest BCUT2D eigenvalue weighted by Gasteiger charge is 2.30. The van der Waals surface area contributed by atoms with Crippen LogP contribution >= 0.6 is 15.6 Å². The zero-order valence-electron chi connectivity index (χ0n) is 66.5. The first-order valence-corrected chi connectivity index (χ1v) is 45.2. The van der Waals surface area contributed by atoms with Gasteiger partial charge < -0.3 is 33.8 Å². The summed E-state index contributed by atoms with van der Waals surface area (Å²) in [4.78, 5) is 73.1. The van der Waals surface area contributed by atoms with Gasteiger partial charge in [0.1, 0.15) is 19.3 Å². The molecule has 0 aliphatic heterocycles. The lowest BCUT2D eigenvalue weighted by Gasteiger charge is -2.21. The molecule has 6 atom stereocenters. The van der Waals surface area contributed by atoms with Crippen molar-refractivity contribution < 1.29 is 80.2 Å². The Morgan fingerprint density at radius 1 is 0.277 bits per heavy atom. The molecule has 101 heavy (non-hydrogen) atoms. The Bertz CT molecular complexity index is 1970. The molecule has 0 saturated heterocycles. The molecule has 0 aromatic rings. The third kappa shape index (κ3) is 74.7. The van der Waals surface area contributed by atoms with E-state index in [9.17, 15) is 43.2 Å². The Kier molecular flexibility index (Phi) is 69.6. The summed E-state index contributed by atoms with van der Waals surface area (Å²) in [7, 11) is -9.93. The quantitative estimate of drug-likeness (QED) is 0.0222. The lowest BCUT2D eigenvalue weighted by molar-refractivity contribution is -0.161. The number of esters is 4. The summed E-state index contributed by atoms with van der Waals surface area (Å²) in [5.41, 5.74) is 0. The van der Waals surface area contributed by atoms with Crippen LogP contribution in [0.15, 0.2) is 0 Å². The van der Waals surface area contributed by atoms with Crippen molar-refractivity contribution in [3.8, 4) is 0 Å². The molecule has 0 amide bonds. The van der Waals surface area contributed by atoms with Crippen LogP contribution in [0.4, 0.5) is 0 Å². The smallest absolute Gasteiger partial charge is 0.462 e. The number of phosphoric ester groups is 2. The van der Waals surface area contributed by atoms with Gasteiger partial charge in [0.2, 0.25) is 0 Å². The predicted molar refractivity (Wildman–Crippen MR) is 414 cm³/mol. The third-order valence-corrected chi connectivity index (χ3v) is 21.3. The Labute approximate surface area is 619 Å². The number of hydrogen-bond donors (Lipinski definition) is 3. The van der Waals surface area contributed by atoms with Crippen LogP contribution in [0.3, 0.4) is 0 Å². The van der Waals surface area contributed by atoms with Gasteiger partial charge >= 0.3 is 39.5 Å². The molecule has 0 aliphatic rings. The molecule has 0 radical (unpaired) electrons. The molecule has 0 aromatic carbocycles. The molecule has 3 N–H and O–H groups in total. The average molecular weight is 1480 g/mol. The molecule has 600 valence electrons. The van der Waals surface area contributed by atoms with Crippen LogP contribution in [0.5, 0.6) is 0 Å².